The van der Waals surface area contributed by atoms with Gasteiger partial charge >= 0.3 is 0 Å². The molecule has 0 atom stereocenters. The quantitative estimate of drug-likeness (QED) is 0.179. The van der Waals surface area contributed by atoms with Crippen LogP contribution in [0.15, 0.2) is 159 Å². The molecule has 230 valence electrons. The van der Waals surface area contributed by atoms with E-state index < -0.39 is 0 Å². The van der Waals surface area contributed by atoms with Gasteiger partial charge in [0.05, 0.1) is 33.0 Å². The van der Waals surface area contributed by atoms with Gasteiger partial charge in [0.2, 0.25) is 0 Å². The number of thiophene rings is 1. The van der Waals surface area contributed by atoms with Crippen LogP contribution in [0, 0.1) is 0 Å². The predicted octanol–water partition coefficient (Wildman–Crippen LogP) is 10.4. The standard InChI is InChI=1S/C42H26N6S/c1-2-7-27(8-3-1)28-15-17-31(18-16-28)39-41-40(47-26-46-39)35-21-34(25-45-42(35)49-41)30-13-11-29(12-14-30)33-22-37(32-9-6-19-43-24-32)48-38(23-33)36-10-4-5-20-44-36/h1-26H. The first-order valence-corrected chi connectivity index (χ1v) is 16.7. The summed E-state index contributed by atoms with van der Waals surface area (Å²) in [6.07, 6.45) is 9.00. The van der Waals surface area contributed by atoms with Gasteiger partial charge in [-0.2, -0.15) is 0 Å². The molecule has 0 unspecified atom stereocenters. The maximum atomic E-state index is 4.93. The highest BCUT2D eigenvalue weighted by Gasteiger charge is 2.16. The molecule has 0 radical (unpaired) electrons. The minimum absolute atomic E-state index is 0.813. The molecule has 6 heterocycles. The molecule has 0 saturated carbocycles. The minimum Gasteiger partial charge on any atom is -0.264 e. The van der Waals surface area contributed by atoms with Crippen LogP contribution in [-0.4, -0.2) is 29.9 Å². The van der Waals surface area contributed by atoms with Gasteiger partial charge in [-0.15, -0.1) is 11.3 Å². The van der Waals surface area contributed by atoms with Gasteiger partial charge in [0.15, 0.2) is 0 Å². The lowest BCUT2D eigenvalue weighted by atomic mass is 9.99. The fourth-order valence-electron chi connectivity index (χ4n) is 6.14. The van der Waals surface area contributed by atoms with Crippen LogP contribution in [0.1, 0.15) is 0 Å². The van der Waals surface area contributed by atoms with Crippen molar-refractivity contribution in [3.63, 3.8) is 0 Å². The fraction of sp³-hybridized carbons (Fsp3) is 0. The highest BCUT2D eigenvalue weighted by atomic mass is 32.1. The maximum Gasteiger partial charge on any atom is 0.126 e. The molecule has 0 aliphatic carbocycles. The van der Waals surface area contributed by atoms with E-state index in [2.05, 4.69) is 101 Å². The van der Waals surface area contributed by atoms with Crippen LogP contribution >= 0.6 is 11.3 Å². The maximum absolute atomic E-state index is 4.93. The zero-order valence-electron chi connectivity index (χ0n) is 26.1. The second-order valence-electron chi connectivity index (χ2n) is 11.7. The summed E-state index contributed by atoms with van der Waals surface area (Å²) in [5.41, 5.74) is 13.0. The Morgan fingerprint density at radius 1 is 0.429 bits per heavy atom. The Bertz CT molecular complexity index is 2510. The molecule has 0 spiro atoms. The molecule has 6 nitrogen and oxygen atoms in total. The van der Waals surface area contributed by atoms with Crippen LogP contribution in [0.4, 0.5) is 0 Å². The highest BCUT2D eigenvalue weighted by molar-refractivity contribution is 7.25. The van der Waals surface area contributed by atoms with Crippen LogP contribution in [0.25, 0.3) is 87.7 Å². The largest absolute Gasteiger partial charge is 0.264 e. The van der Waals surface area contributed by atoms with E-state index in [9.17, 15) is 0 Å². The van der Waals surface area contributed by atoms with Gasteiger partial charge in [-0.1, -0.05) is 84.9 Å². The molecular weight excluding hydrogens is 621 g/mol. The SMILES string of the molecule is c1ccc(-c2ccc(-c3ncnc4c3sc3ncc(-c5ccc(-c6cc(-c7cccnc7)nc(-c7ccccn7)c6)cc5)cc34)cc2)cc1. The van der Waals surface area contributed by atoms with E-state index in [4.69, 9.17) is 19.9 Å². The van der Waals surface area contributed by atoms with Gasteiger partial charge in [0.1, 0.15) is 11.2 Å². The van der Waals surface area contributed by atoms with Gasteiger partial charge in [-0.05, 0) is 70.3 Å². The zero-order valence-corrected chi connectivity index (χ0v) is 26.9. The average molecular weight is 647 g/mol. The third kappa shape index (κ3) is 5.52. The molecule has 49 heavy (non-hydrogen) atoms. The molecule has 7 heteroatoms. The van der Waals surface area contributed by atoms with Gasteiger partial charge in [0.25, 0.3) is 0 Å². The number of pyridine rings is 4. The summed E-state index contributed by atoms with van der Waals surface area (Å²) in [7, 11) is 0. The van der Waals surface area contributed by atoms with Crippen molar-refractivity contribution in [2.45, 2.75) is 0 Å². The lowest BCUT2D eigenvalue weighted by molar-refractivity contribution is 1.24. The Balaban J connectivity index is 1.06. The molecule has 3 aromatic carbocycles. The van der Waals surface area contributed by atoms with E-state index in [1.165, 1.54) is 11.1 Å². The lowest BCUT2D eigenvalue weighted by Gasteiger charge is -2.10. The summed E-state index contributed by atoms with van der Waals surface area (Å²) in [5, 5.41) is 1.03. The number of nitrogens with zero attached hydrogens (tertiary/aromatic N) is 6. The first-order valence-electron chi connectivity index (χ1n) is 15.9. The molecular formula is C42H26N6S. The van der Waals surface area contributed by atoms with E-state index in [1.54, 1.807) is 30.1 Å². The molecule has 9 rings (SSSR count). The van der Waals surface area contributed by atoms with Gasteiger partial charge in [0, 0.05) is 46.9 Å². The van der Waals surface area contributed by atoms with E-state index >= 15 is 0 Å². The minimum atomic E-state index is 0.813. The van der Waals surface area contributed by atoms with Crippen LogP contribution in [-0.2, 0) is 0 Å². The number of aromatic nitrogens is 6. The monoisotopic (exact) mass is 646 g/mol. The summed E-state index contributed by atoms with van der Waals surface area (Å²) in [4.78, 5) is 29.1. The van der Waals surface area contributed by atoms with Gasteiger partial charge in [-0.3, -0.25) is 9.97 Å². The summed E-state index contributed by atoms with van der Waals surface area (Å²) in [5.74, 6) is 0. The normalized spacial score (nSPS) is 11.3. The van der Waals surface area contributed by atoms with Crippen molar-refractivity contribution in [2.75, 3.05) is 0 Å². The van der Waals surface area contributed by atoms with E-state index in [-0.39, 0.29) is 0 Å². The first-order chi connectivity index (χ1) is 24.3. The number of fused-ring (bicyclic) bond motifs is 3. The zero-order chi connectivity index (χ0) is 32.6. The Morgan fingerprint density at radius 3 is 1.88 bits per heavy atom. The molecule has 0 aliphatic rings. The van der Waals surface area contributed by atoms with Crippen LogP contribution in [0.3, 0.4) is 0 Å². The van der Waals surface area contributed by atoms with Crippen molar-refractivity contribution < 1.29 is 0 Å². The second kappa shape index (κ2) is 12.3. The van der Waals surface area contributed by atoms with Crippen LogP contribution in [0.5, 0.6) is 0 Å². The highest BCUT2D eigenvalue weighted by Crippen LogP contribution is 2.39. The number of rotatable bonds is 6. The van der Waals surface area contributed by atoms with E-state index in [0.717, 1.165) is 76.6 Å². The average Bonchev–Trinajstić information content (AvgIpc) is 3.57. The van der Waals surface area contributed by atoms with Crippen molar-refractivity contribution in [3.8, 4) is 67.3 Å². The lowest BCUT2D eigenvalue weighted by Crippen LogP contribution is -1.93. The Labute approximate surface area is 286 Å². The topological polar surface area (TPSA) is 77.3 Å². The van der Waals surface area contributed by atoms with Crippen molar-refractivity contribution in [1.29, 1.82) is 0 Å². The van der Waals surface area contributed by atoms with E-state index in [0.29, 0.717) is 0 Å². The number of hydrogen-bond donors (Lipinski definition) is 0. The second-order valence-corrected chi connectivity index (χ2v) is 12.7. The van der Waals surface area contributed by atoms with Gasteiger partial charge < -0.3 is 0 Å². The van der Waals surface area contributed by atoms with Crippen molar-refractivity contribution in [3.05, 3.63) is 159 Å². The third-order valence-electron chi connectivity index (χ3n) is 8.64. The Kier molecular flexibility index (Phi) is 7.22. The van der Waals surface area contributed by atoms with Crippen molar-refractivity contribution in [1.82, 2.24) is 29.9 Å². The molecule has 0 bridgehead atoms. The van der Waals surface area contributed by atoms with E-state index in [1.807, 2.05) is 48.8 Å². The molecule has 0 saturated heterocycles. The summed E-state index contributed by atoms with van der Waals surface area (Å²) >= 11 is 1.63. The first kappa shape index (κ1) is 28.8. The smallest absolute Gasteiger partial charge is 0.126 e. The molecule has 0 fully saturated rings. The number of benzene rings is 3. The summed E-state index contributed by atoms with van der Waals surface area (Å²) in [6.45, 7) is 0. The predicted molar refractivity (Wildman–Crippen MR) is 199 cm³/mol. The van der Waals surface area contributed by atoms with Crippen LogP contribution < -0.4 is 0 Å². The molecule has 9 aromatic rings. The third-order valence-corrected chi connectivity index (χ3v) is 9.75. The molecule has 0 aliphatic heterocycles. The summed E-state index contributed by atoms with van der Waals surface area (Å²) < 4.78 is 1.04. The van der Waals surface area contributed by atoms with Crippen LogP contribution in [0.2, 0.25) is 0 Å². The Morgan fingerprint density at radius 2 is 1.12 bits per heavy atom. The molecule has 0 N–H and O–H groups in total. The van der Waals surface area contributed by atoms with Crippen molar-refractivity contribution in [2.24, 2.45) is 0 Å². The Hall–Kier alpha value is -6.44. The molecule has 6 aromatic heterocycles. The summed E-state index contributed by atoms with van der Waals surface area (Å²) in [6, 6.07) is 43.8. The fourth-order valence-corrected chi connectivity index (χ4v) is 7.23. The van der Waals surface area contributed by atoms with Gasteiger partial charge in [-0.25, -0.2) is 19.9 Å². The van der Waals surface area contributed by atoms with Crippen molar-refractivity contribution >= 4 is 31.8 Å². The molecule has 0 amide bonds. The number of hydrogen-bond acceptors (Lipinski definition) is 7.